The number of rotatable bonds is 3. The van der Waals surface area contributed by atoms with Gasteiger partial charge < -0.3 is 5.32 Å². The van der Waals surface area contributed by atoms with Gasteiger partial charge in [-0.1, -0.05) is 49.1 Å². The number of aromatic nitrogens is 1. The molecule has 0 saturated heterocycles. The monoisotopic (exact) mass is 360 g/mol. The van der Waals surface area contributed by atoms with Gasteiger partial charge in [0.1, 0.15) is 11.3 Å². The van der Waals surface area contributed by atoms with Gasteiger partial charge in [-0.15, -0.1) is 0 Å². The molecule has 3 nitrogen and oxygen atoms in total. The number of nitrogens with one attached hydrogen (secondary N) is 1. The second-order valence-electron chi connectivity index (χ2n) is 6.74. The summed E-state index contributed by atoms with van der Waals surface area (Å²) in [6, 6.07) is 14.2. The Kier molecular flexibility index (Phi) is 5.23. The maximum absolute atomic E-state index is 13.8. The molecule has 4 heteroatoms. The van der Waals surface area contributed by atoms with Crippen LogP contribution in [0.3, 0.4) is 0 Å². The van der Waals surface area contributed by atoms with E-state index in [1.54, 1.807) is 18.2 Å². The molecule has 1 atom stereocenters. The second kappa shape index (κ2) is 7.59. The van der Waals surface area contributed by atoms with Crippen molar-refractivity contribution in [2.24, 2.45) is 0 Å². The predicted molar refractivity (Wildman–Crippen MR) is 106 cm³/mol. The van der Waals surface area contributed by atoms with Crippen LogP contribution in [0.1, 0.15) is 41.8 Å². The van der Waals surface area contributed by atoms with Gasteiger partial charge >= 0.3 is 0 Å². The first kappa shape index (κ1) is 18.6. The highest BCUT2D eigenvalue weighted by atomic mass is 19.1. The summed E-state index contributed by atoms with van der Waals surface area (Å²) in [5, 5.41) is 3.57. The summed E-state index contributed by atoms with van der Waals surface area (Å²) in [7, 11) is 0. The fraction of sp³-hybridized carbons (Fsp3) is 0.217. The molecule has 1 heterocycles. The first-order valence-corrected chi connectivity index (χ1v) is 8.87. The van der Waals surface area contributed by atoms with Crippen LogP contribution in [-0.2, 0) is 0 Å². The zero-order valence-corrected chi connectivity index (χ0v) is 15.6. The second-order valence-corrected chi connectivity index (χ2v) is 6.74. The third kappa shape index (κ3) is 4.15. The van der Waals surface area contributed by atoms with Crippen LogP contribution in [-0.4, -0.2) is 16.4 Å². The lowest BCUT2D eigenvalue weighted by Crippen LogP contribution is -2.44. The van der Waals surface area contributed by atoms with E-state index in [9.17, 15) is 9.18 Å². The lowest BCUT2D eigenvalue weighted by molar-refractivity contribution is 0.0923. The van der Waals surface area contributed by atoms with E-state index in [2.05, 4.69) is 22.1 Å². The fourth-order valence-corrected chi connectivity index (χ4v) is 2.70. The van der Waals surface area contributed by atoms with Crippen LogP contribution in [0.4, 0.5) is 4.39 Å². The topological polar surface area (TPSA) is 42.0 Å². The van der Waals surface area contributed by atoms with Crippen LogP contribution in [0, 0.1) is 24.6 Å². The predicted octanol–water partition coefficient (Wildman–Crippen LogP) is 4.63. The normalized spacial score (nSPS) is 12.7. The number of carbonyl (C=O) groups is 1. The number of nitrogens with zero attached hydrogens (tertiary/aromatic N) is 1. The third-order valence-corrected chi connectivity index (χ3v) is 4.64. The molecule has 0 spiro atoms. The van der Waals surface area contributed by atoms with E-state index >= 15 is 0 Å². The van der Waals surface area contributed by atoms with Crippen LogP contribution < -0.4 is 5.32 Å². The van der Waals surface area contributed by atoms with Gasteiger partial charge in [-0.3, -0.25) is 9.78 Å². The van der Waals surface area contributed by atoms with Gasteiger partial charge in [0, 0.05) is 17.1 Å². The van der Waals surface area contributed by atoms with E-state index in [-0.39, 0.29) is 11.4 Å². The number of benzene rings is 2. The molecule has 27 heavy (non-hydrogen) atoms. The summed E-state index contributed by atoms with van der Waals surface area (Å²) in [6.07, 6.45) is 2.04. The van der Waals surface area contributed by atoms with E-state index in [4.69, 9.17) is 0 Å². The van der Waals surface area contributed by atoms with E-state index in [0.29, 0.717) is 17.4 Å². The number of halogens is 1. The minimum atomic E-state index is -0.684. The summed E-state index contributed by atoms with van der Waals surface area (Å²) in [6.45, 7) is 5.87. The van der Waals surface area contributed by atoms with Gasteiger partial charge in [-0.2, -0.15) is 0 Å². The number of hydrogen-bond donors (Lipinski definition) is 1. The molecule has 0 fully saturated rings. The summed E-state index contributed by atoms with van der Waals surface area (Å²) < 4.78 is 13.8. The van der Waals surface area contributed by atoms with E-state index < -0.39 is 11.4 Å². The minimum absolute atomic E-state index is 0.256. The van der Waals surface area contributed by atoms with Crippen LogP contribution in [0.15, 0.2) is 54.7 Å². The maximum Gasteiger partial charge on any atom is 0.254 e. The number of carbonyl (C=O) groups excluding carboxylic acids is 1. The Morgan fingerprint density at radius 3 is 2.74 bits per heavy atom. The lowest BCUT2D eigenvalue weighted by Gasteiger charge is -2.23. The van der Waals surface area contributed by atoms with Crippen molar-refractivity contribution in [2.75, 3.05) is 0 Å². The van der Waals surface area contributed by atoms with Crippen molar-refractivity contribution in [2.45, 2.75) is 32.7 Å². The Morgan fingerprint density at radius 2 is 2.00 bits per heavy atom. The Morgan fingerprint density at radius 1 is 1.22 bits per heavy atom. The van der Waals surface area contributed by atoms with Crippen molar-refractivity contribution < 1.29 is 9.18 Å². The molecule has 0 radical (unpaired) electrons. The molecule has 0 aliphatic carbocycles. The van der Waals surface area contributed by atoms with Crippen LogP contribution in [0.25, 0.3) is 10.9 Å². The molecule has 1 unspecified atom stereocenters. The minimum Gasteiger partial charge on any atom is -0.336 e. The fourth-order valence-electron chi connectivity index (χ4n) is 2.70. The smallest absolute Gasteiger partial charge is 0.254 e. The first-order chi connectivity index (χ1) is 12.9. The molecule has 3 aromatic rings. The first-order valence-electron chi connectivity index (χ1n) is 8.87. The van der Waals surface area contributed by atoms with Gasteiger partial charge in [0.25, 0.3) is 5.91 Å². The number of para-hydroxylation sites is 1. The van der Waals surface area contributed by atoms with E-state index in [1.807, 2.05) is 45.0 Å². The molecular weight excluding hydrogens is 339 g/mol. The van der Waals surface area contributed by atoms with Crippen LogP contribution in [0.5, 0.6) is 0 Å². The maximum atomic E-state index is 13.8. The van der Waals surface area contributed by atoms with Gasteiger partial charge in [0.15, 0.2) is 0 Å². The Hall–Kier alpha value is -3.19. The van der Waals surface area contributed by atoms with Gasteiger partial charge in [-0.25, -0.2) is 4.39 Å². The molecule has 2 aromatic carbocycles. The molecule has 0 aliphatic heterocycles. The highest BCUT2D eigenvalue weighted by Gasteiger charge is 2.23. The Labute approximate surface area is 158 Å². The summed E-state index contributed by atoms with van der Waals surface area (Å²) in [5.74, 6) is 5.67. The highest BCUT2D eigenvalue weighted by molar-refractivity contribution is 5.97. The molecule has 1 amide bonds. The van der Waals surface area contributed by atoms with Crippen molar-refractivity contribution in [3.05, 3.63) is 77.2 Å². The van der Waals surface area contributed by atoms with Crippen molar-refractivity contribution >= 4 is 16.8 Å². The summed E-state index contributed by atoms with van der Waals surface area (Å²) in [5.41, 5.74) is 1.98. The third-order valence-electron chi connectivity index (χ3n) is 4.64. The highest BCUT2D eigenvalue weighted by Crippen LogP contribution is 2.17. The Balaban J connectivity index is 1.86. The molecule has 1 aromatic heterocycles. The van der Waals surface area contributed by atoms with E-state index in [1.165, 1.54) is 12.3 Å². The number of amides is 1. The van der Waals surface area contributed by atoms with Gasteiger partial charge in [0.05, 0.1) is 11.1 Å². The van der Waals surface area contributed by atoms with Crippen molar-refractivity contribution in [3.63, 3.8) is 0 Å². The van der Waals surface area contributed by atoms with Crippen molar-refractivity contribution in [3.8, 4) is 11.8 Å². The summed E-state index contributed by atoms with van der Waals surface area (Å²) in [4.78, 5) is 16.8. The van der Waals surface area contributed by atoms with Gasteiger partial charge in [-0.05, 0) is 44.0 Å². The molecule has 0 saturated carbocycles. The number of aryl methyl sites for hydroxylation is 1. The van der Waals surface area contributed by atoms with Crippen molar-refractivity contribution in [1.82, 2.24) is 10.3 Å². The molecule has 3 rings (SSSR count). The SMILES string of the molecule is CCC(C)(C#Cc1ccccc1C)NC(=O)c1cnc2c(F)cccc2c1. The lowest BCUT2D eigenvalue weighted by atomic mass is 9.97. The molecule has 0 aliphatic rings. The molecule has 1 N–H and O–H groups in total. The zero-order chi connectivity index (χ0) is 19.4. The largest absolute Gasteiger partial charge is 0.336 e. The van der Waals surface area contributed by atoms with E-state index in [0.717, 1.165) is 11.1 Å². The standard InChI is InChI=1S/C23H21FN2O/c1-4-23(3,13-12-17-9-6-5-8-16(17)2)26-22(27)19-14-18-10-7-11-20(24)21(18)25-15-19/h5-11,14-15H,4H2,1-3H3,(H,26,27). The molecule has 136 valence electrons. The number of pyridine rings is 1. The van der Waals surface area contributed by atoms with Crippen LogP contribution >= 0.6 is 0 Å². The summed E-state index contributed by atoms with van der Waals surface area (Å²) >= 11 is 0. The van der Waals surface area contributed by atoms with Crippen LogP contribution in [0.2, 0.25) is 0 Å². The average Bonchev–Trinajstić information content (AvgIpc) is 2.67. The number of hydrogen-bond acceptors (Lipinski definition) is 2. The molecular formula is C23H21FN2O. The zero-order valence-electron chi connectivity index (χ0n) is 15.6. The number of fused-ring (bicyclic) bond motifs is 1. The molecule has 0 bridgehead atoms. The Bertz CT molecular complexity index is 1060. The average molecular weight is 360 g/mol. The van der Waals surface area contributed by atoms with Gasteiger partial charge in [0.2, 0.25) is 0 Å². The van der Waals surface area contributed by atoms with Crippen molar-refractivity contribution in [1.29, 1.82) is 0 Å². The quantitative estimate of drug-likeness (QED) is 0.692.